The third-order valence-corrected chi connectivity index (χ3v) is 3.48. The van der Waals surface area contributed by atoms with Crippen LogP contribution >= 0.6 is 0 Å². The number of hydrogen-bond donors (Lipinski definition) is 1. The van der Waals surface area contributed by atoms with Gasteiger partial charge in [-0.3, -0.25) is 0 Å². The molecule has 1 fully saturated rings. The molecule has 0 atom stereocenters. The van der Waals surface area contributed by atoms with Crippen LogP contribution in [0.5, 0.6) is 0 Å². The Morgan fingerprint density at radius 2 is 1.76 bits per heavy atom. The molecular weight excluding hydrogens is 220 g/mol. The van der Waals surface area contributed by atoms with E-state index in [-0.39, 0.29) is 17.9 Å². The van der Waals surface area contributed by atoms with Gasteiger partial charge in [-0.05, 0) is 38.8 Å². The van der Waals surface area contributed by atoms with Crippen LogP contribution in [0.3, 0.4) is 0 Å². The highest BCUT2D eigenvalue weighted by Crippen LogP contribution is 2.37. The average molecular weight is 239 g/mol. The van der Waals surface area contributed by atoms with E-state index in [1.807, 2.05) is 6.92 Å². The molecule has 2 rings (SSSR count). The summed E-state index contributed by atoms with van der Waals surface area (Å²) in [4.78, 5) is 0. The molecule has 0 aromatic heterocycles. The summed E-state index contributed by atoms with van der Waals surface area (Å²) in [5.41, 5.74) is 1.17. The monoisotopic (exact) mass is 239 g/mol. The second-order valence-corrected chi connectivity index (χ2v) is 4.97. The van der Waals surface area contributed by atoms with E-state index < -0.39 is 5.92 Å². The van der Waals surface area contributed by atoms with E-state index in [0.717, 1.165) is 31.5 Å². The molecule has 1 aromatic carbocycles. The lowest BCUT2D eigenvalue weighted by atomic mass is 9.89. The van der Waals surface area contributed by atoms with Gasteiger partial charge in [-0.15, -0.1) is 0 Å². The summed E-state index contributed by atoms with van der Waals surface area (Å²) in [6.07, 6.45) is 1.71. The number of halogens is 2. The smallest absolute Gasteiger partial charge is 0.273 e. The summed E-state index contributed by atoms with van der Waals surface area (Å²) in [5.74, 6) is -2.54. The lowest BCUT2D eigenvalue weighted by Gasteiger charge is -2.27. The van der Waals surface area contributed by atoms with Crippen LogP contribution in [-0.2, 0) is 5.92 Å². The van der Waals surface area contributed by atoms with Crippen molar-refractivity contribution in [1.82, 2.24) is 5.32 Å². The highest BCUT2D eigenvalue weighted by Gasteiger charge is 2.34. The summed E-state index contributed by atoms with van der Waals surface area (Å²) in [6.45, 7) is 3.65. The topological polar surface area (TPSA) is 12.0 Å². The summed E-state index contributed by atoms with van der Waals surface area (Å²) >= 11 is 0. The van der Waals surface area contributed by atoms with Gasteiger partial charge in [-0.2, -0.15) is 0 Å². The fourth-order valence-corrected chi connectivity index (χ4v) is 2.36. The Bertz CT molecular complexity index is 353. The van der Waals surface area contributed by atoms with Gasteiger partial charge in [0, 0.05) is 12.0 Å². The van der Waals surface area contributed by atoms with Gasteiger partial charge in [-0.25, -0.2) is 8.78 Å². The fourth-order valence-electron chi connectivity index (χ4n) is 2.36. The highest BCUT2D eigenvalue weighted by molar-refractivity contribution is 5.25. The number of benzene rings is 1. The Labute approximate surface area is 101 Å². The zero-order chi connectivity index (χ0) is 12.3. The van der Waals surface area contributed by atoms with Crippen LogP contribution in [0.25, 0.3) is 0 Å². The van der Waals surface area contributed by atoms with E-state index in [4.69, 9.17) is 0 Å². The van der Waals surface area contributed by atoms with Crippen LogP contribution < -0.4 is 5.32 Å². The predicted octanol–water partition coefficient (Wildman–Crippen LogP) is 3.48. The largest absolute Gasteiger partial charge is 0.317 e. The Balaban J connectivity index is 2.04. The van der Waals surface area contributed by atoms with Gasteiger partial charge in [-0.1, -0.05) is 29.8 Å². The predicted molar refractivity (Wildman–Crippen MR) is 65.3 cm³/mol. The van der Waals surface area contributed by atoms with Crippen molar-refractivity contribution in [2.24, 2.45) is 5.92 Å². The average Bonchev–Trinajstić information content (AvgIpc) is 2.30. The summed E-state index contributed by atoms with van der Waals surface area (Å²) < 4.78 is 28.1. The Morgan fingerprint density at radius 3 is 2.35 bits per heavy atom. The van der Waals surface area contributed by atoms with Gasteiger partial charge < -0.3 is 5.32 Å². The first-order valence-electron chi connectivity index (χ1n) is 6.23. The lowest BCUT2D eigenvalue weighted by Crippen LogP contribution is -2.30. The van der Waals surface area contributed by atoms with Crippen molar-refractivity contribution in [3.8, 4) is 0 Å². The first-order valence-corrected chi connectivity index (χ1v) is 6.23. The molecule has 0 radical (unpaired) electrons. The second kappa shape index (κ2) is 5.13. The van der Waals surface area contributed by atoms with Crippen molar-refractivity contribution in [3.05, 3.63) is 35.4 Å². The van der Waals surface area contributed by atoms with Crippen molar-refractivity contribution in [1.29, 1.82) is 0 Å². The van der Waals surface area contributed by atoms with Crippen molar-refractivity contribution < 1.29 is 8.78 Å². The molecule has 0 spiro atoms. The highest BCUT2D eigenvalue weighted by atomic mass is 19.3. The molecule has 0 saturated carbocycles. The lowest BCUT2D eigenvalue weighted by molar-refractivity contribution is -0.0326. The standard InChI is InChI=1S/C14H19F2N/c1-11-2-4-13(5-3-11)14(15,16)10-12-6-8-17-9-7-12/h2-5,12,17H,6-10H2,1H3. The molecule has 1 aromatic rings. The maximum atomic E-state index is 14.1. The van der Waals surface area contributed by atoms with Crippen LogP contribution in [0.15, 0.2) is 24.3 Å². The van der Waals surface area contributed by atoms with E-state index in [1.165, 1.54) is 0 Å². The van der Waals surface area contributed by atoms with Gasteiger partial charge in [0.2, 0.25) is 0 Å². The van der Waals surface area contributed by atoms with Gasteiger partial charge in [0.25, 0.3) is 5.92 Å². The van der Waals surface area contributed by atoms with Crippen molar-refractivity contribution in [3.63, 3.8) is 0 Å². The molecule has 1 nitrogen and oxygen atoms in total. The number of nitrogens with one attached hydrogen (secondary N) is 1. The maximum absolute atomic E-state index is 14.1. The van der Waals surface area contributed by atoms with Crippen LogP contribution in [0.1, 0.15) is 30.4 Å². The van der Waals surface area contributed by atoms with Gasteiger partial charge >= 0.3 is 0 Å². The molecule has 0 unspecified atom stereocenters. The number of piperidine rings is 1. The van der Waals surface area contributed by atoms with E-state index in [9.17, 15) is 8.78 Å². The molecule has 1 N–H and O–H groups in total. The zero-order valence-corrected chi connectivity index (χ0v) is 10.2. The number of rotatable bonds is 3. The van der Waals surface area contributed by atoms with Crippen molar-refractivity contribution in [2.45, 2.75) is 32.1 Å². The summed E-state index contributed by atoms with van der Waals surface area (Å²) in [5, 5.41) is 3.20. The number of aryl methyl sites for hydroxylation is 1. The molecule has 0 amide bonds. The summed E-state index contributed by atoms with van der Waals surface area (Å²) in [6, 6.07) is 6.62. The fraction of sp³-hybridized carbons (Fsp3) is 0.571. The van der Waals surface area contributed by atoms with E-state index in [2.05, 4.69) is 5.32 Å². The van der Waals surface area contributed by atoms with Crippen LogP contribution in [-0.4, -0.2) is 13.1 Å². The Hall–Kier alpha value is -0.960. The minimum atomic E-state index is -2.68. The SMILES string of the molecule is Cc1ccc(C(F)(F)CC2CCNCC2)cc1. The van der Waals surface area contributed by atoms with Crippen molar-refractivity contribution in [2.75, 3.05) is 13.1 Å². The normalized spacial score (nSPS) is 18.3. The zero-order valence-electron chi connectivity index (χ0n) is 10.2. The minimum Gasteiger partial charge on any atom is -0.317 e. The van der Waals surface area contributed by atoms with E-state index >= 15 is 0 Å². The van der Waals surface area contributed by atoms with E-state index in [0.29, 0.717) is 0 Å². The van der Waals surface area contributed by atoms with Gasteiger partial charge in [0.05, 0.1) is 0 Å². The molecule has 1 aliphatic rings. The first kappa shape index (κ1) is 12.5. The van der Waals surface area contributed by atoms with Crippen LogP contribution in [0, 0.1) is 12.8 Å². The second-order valence-electron chi connectivity index (χ2n) is 4.97. The molecule has 0 aliphatic carbocycles. The molecule has 0 bridgehead atoms. The molecule has 1 aliphatic heterocycles. The molecule has 94 valence electrons. The molecular formula is C14H19F2N. The first-order chi connectivity index (χ1) is 8.08. The third-order valence-electron chi connectivity index (χ3n) is 3.48. The Morgan fingerprint density at radius 1 is 1.18 bits per heavy atom. The maximum Gasteiger partial charge on any atom is 0.273 e. The van der Waals surface area contributed by atoms with Crippen LogP contribution in [0.2, 0.25) is 0 Å². The number of hydrogen-bond acceptors (Lipinski definition) is 1. The van der Waals surface area contributed by atoms with Crippen molar-refractivity contribution >= 4 is 0 Å². The molecule has 17 heavy (non-hydrogen) atoms. The number of alkyl halides is 2. The molecule has 1 heterocycles. The quantitative estimate of drug-likeness (QED) is 0.851. The molecule has 3 heteroatoms. The minimum absolute atomic E-state index is 0.0161. The Kier molecular flexibility index (Phi) is 3.77. The van der Waals surface area contributed by atoms with E-state index in [1.54, 1.807) is 24.3 Å². The van der Waals surface area contributed by atoms with Gasteiger partial charge in [0.1, 0.15) is 0 Å². The third kappa shape index (κ3) is 3.25. The van der Waals surface area contributed by atoms with Gasteiger partial charge in [0.15, 0.2) is 0 Å². The summed E-state index contributed by atoms with van der Waals surface area (Å²) in [7, 11) is 0. The molecule has 1 saturated heterocycles. The van der Waals surface area contributed by atoms with Crippen LogP contribution in [0.4, 0.5) is 8.78 Å².